The number of nitrogens with zero attached hydrogens (tertiary/aromatic N) is 6. The van der Waals surface area contributed by atoms with E-state index < -0.39 is 0 Å². The molecule has 4 aromatic carbocycles. The molecule has 4 N–H and O–H groups in total. The van der Waals surface area contributed by atoms with Crippen LogP contribution in [0, 0.1) is 23.7 Å². The van der Waals surface area contributed by atoms with E-state index in [1.165, 1.54) is 12.7 Å². The van der Waals surface area contributed by atoms with E-state index in [-0.39, 0.29) is 23.7 Å². The Morgan fingerprint density at radius 3 is 1.23 bits per heavy atom. The number of aromatic nitrogens is 4. The van der Waals surface area contributed by atoms with E-state index in [9.17, 15) is 9.59 Å². The summed E-state index contributed by atoms with van der Waals surface area (Å²) in [5.41, 5.74) is 5.37. The van der Waals surface area contributed by atoms with Crippen LogP contribution >= 0.6 is 23.5 Å². The number of amides is 2. The molecule has 0 aliphatic heterocycles. The van der Waals surface area contributed by atoms with Gasteiger partial charge in [-0.3, -0.25) is 9.59 Å². The Bertz CT molecular complexity index is 2340. The highest BCUT2D eigenvalue weighted by atomic mass is 32.2. The van der Waals surface area contributed by atoms with Gasteiger partial charge in [0, 0.05) is 94.2 Å². The molecule has 0 saturated carbocycles. The Morgan fingerprint density at radius 1 is 0.517 bits per heavy atom. The average Bonchev–Trinajstić information content (AvgIpc) is 3.22. The predicted octanol–water partition coefficient (Wildman–Crippen LogP) is 9.78. The fourth-order valence-corrected chi connectivity index (χ4v) is 7.18. The molecule has 0 unspecified atom stereocenters. The second-order valence-corrected chi connectivity index (χ2v) is 17.0. The normalized spacial score (nSPS) is 10.8. The summed E-state index contributed by atoms with van der Waals surface area (Å²) in [6.45, 7) is 7.32. The third-order valence-electron chi connectivity index (χ3n) is 8.88. The summed E-state index contributed by atoms with van der Waals surface area (Å²) >= 11 is 3.24. The fourth-order valence-electron chi connectivity index (χ4n) is 5.42. The maximum atomic E-state index is 12.4. The highest BCUT2D eigenvalue weighted by Crippen LogP contribution is 2.38. The first-order chi connectivity index (χ1) is 28.8. The van der Waals surface area contributed by atoms with Crippen molar-refractivity contribution in [3.8, 4) is 11.8 Å². The van der Waals surface area contributed by atoms with Crippen LogP contribution in [0.25, 0.3) is 0 Å². The van der Waals surface area contributed by atoms with E-state index >= 15 is 0 Å². The number of hydrogen-bond donors (Lipinski definition) is 4. The Morgan fingerprint density at radius 2 is 0.883 bits per heavy atom. The minimum absolute atomic E-state index is 0.130. The molecule has 0 aliphatic carbocycles. The van der Waals surface area contributed by atoms with Crippen molar-refractivity contribution in [3.05, 3.63) is 121 Å². The third-order valence-corrected chi connectivity index (χ3v) is 11.1. The van der Waals surface area contributed by atoms with Crippen molar-refractivity contribution in [2.24, 2.45) is 11.8 Å². The number of carbonyl (C=O) groups excluding carboxylic acids is 2. The van der Waals surface area contributed by atoms with Crippen LogP contribution in [-0.4, -0.2) is 59.9 Å². The van der Waals surface area contributed by atoms with E-state index in [0.29, 0.717) is 23.3 Å². The van der Waals surface area contributed by atoms with Crippen LogP contribution in [0.4, 0.5) is 46.0 Å². The molecule has 12 nitrogen and oxygen atoms in total. The quantitative estimate of drug-likeness (QED) is 0.0777. The van der Waals surface area contributed by atoms with Crippen LogP contribution in [0.3, 0.4) is 0 Å². The molecule has 2 aromatic heterocycles. The van der Waals surface area contributed by atoms with E-state index in [1.807, 2.05) is 92.3 Å². The zero-order chi connectivity index (χ0) is 42.8. The van der Waals surface area contributed by atoms with Crippen molar-refractivity contribution < 1.29 is 9.59 Å². The van der Waals surface area contributed by atoms with Crippen LogP contribution in [-0.2, 0) is 9.59 Å². The largest absolute Gasteiger partial charge is 0.378 e. The standard InChI is InChI=1S/C46H48N10O2S2/c1-29(2)45(57)53-43-25-41(47-27-49-43)51-37-23-31(11-21-39(37)59-35-17-13-33(14-18-35)55(5)6)9-10-32-12-22-40(60-36-19-15-34(16-20-36)56(7)8)38(24-32)52-42-26-44(50-28-48-42)54-46(58)30(3)4/h11-30H,1-8H3,(H2,47,49,51,53,57)(H2,48,50,52,54,58). The minimum atomic E-state index is -0.195. The topological polar surface area (TPSA) is 140 Å². The highest BCUT2D eigenvalue weighted by molar-refractivity contribution is 7.99. The Balaban J connectivity index is 1.33. The van der Waals surface area contributed by atoms with Crippen LogP contribution in [0.1, 0.15) is 38.8 Å². The predicted molar refractivity (Wildman–Crippen MR) is 246 cm³/mol. The first-order valence-electron chi connectivity index (χ1n) is 19.3. The van der Waals surface area contributed by atoms with E-state index in [0.717, 1.165) is 53.5 Å². The maximum Gasteiger partial charge on any atom is 0.228 e. The third kappa shape index (κ3) is 12.0. The highest BCUT2D eigenvalue weighted by Gasteiger charge is 2.14. The molecular formula is C46H48N10O2S2. The summed E-state index contributed by atoms with van der Waals surface area (Å²) in [5, 5.41) is 12.6. The van der Waals surface area contributed by atoms with Gasteiger partial charge in [0.15, 0.2) is 0 Å². The number of hydrogen-bond acceptors (Lipinski definition) is 12. The van der Waals surface area contributed by atoms with Crippen molar-refractivity contribution in [2.45, 2.75) is 47.3 Å². The molecular weight excluding hydrogens is 789 g/mol. The average molecular weight is 837 g/mol. The monoisotopic (exact) mass is 836 g/mol. The van der Waals surface area contributed by atoms with Crippen molar-refractivity contribution >= 4 is 81.4 Å². The van der Waals surface area contributed by atoms with Crippen molar-refractivity contribution in [3.63, 3.8) is 0 Å². The zero-order valence-electron chi connectivity index (χ0n) is 34.9. The molecule has 0 atom stereocenters. The lowest BCUT2D eigenvalue weighted by atomic mass is 10.1. The maximum absolute atomic E-state index is 12.4. The second-order valence-electron chi connectivity index (χ2n) is 14.8. The van der Waals surface area contributed by atoms with Gasteiger partial charge < -0.3 is 31.1 Å². The summed E-state index contributed by atoms with van der Waals surface area (Å²) in [6.07, 6.45) is 2.84. The van der Waals surface area contributed by atoms with Crippen LogP contribution in [0.2, 0.25) is 0 Å². The number of benzene rings is 4. The first kappa shape index (κ1) is 43.0. The summed E-state index contributed by atoms with van der Waals surface area (Å²) in [5.74, 6) is 7.93. The van der Waals surface area contributed by atoms with Crippen molar-refractivity contribution in [1.82, 2.24) is 19.9 Å². The molecule has 0 aliphatic rings. The van der Waals surface area contributed by atoms with Gasteiger partial charge in [0.25, 0.3) is 0 Å². The molecule has 14 heteroatoms. The number of rotatable bonds is 14. The first-order valence-corrected chi connectivity index (χ1v) is 20.9. The molecule has 6 aromatic rings. The Kier molecular flexibility index (Phi) is 14.3. The van der Waals surface area contributed by atoms with Gasteiger partial charge in [0.05, 0.1) is 11.4 Å². The minimum Gasteiger partial charge on any atom is -0.378 e. The van der Waals surface area contributed by atoms with Crippen LogP contribution < -0.4 is 31.1 Å². The lowest BCUT2D eigenvalue weighted by molar-refractivity contribution is -0.119. The van der Waals surface area contributed by atoms with Gasteiger partial charge in [0.2, 0.25) is 11.8 Å². The molecule has 0 spiro atoms. The van der Waals surface area contributed by atoms with Gasteiger partial charge in [-0.2, -0.15) is 0 Å². The molecule has 0 saturated heterocycles. The van der Waals surface area contributed by atoms with Gasteiger partial charge in [0.1, 0.15) is 35.9 Å². The van der Waals surface area contributed by atoms with Crippen molar-refractivity contribution in [2.75, 3.05) is 59.3 Å². The van der Waals surface area contributed by atoms with E-state index in [4.69, 9.17) is 0 Å². The summed E-state index contributed by atoms with van der Waals surface area (Å²) in [4.78, 5) is 50.4. The van der Waals surface area contributed by atoms with Crippen LogP contribution in [0.5, 0.6) is 0 Å². The van der Waals surface area contributed by atoms with Crippen molar-refractivity contribution in [1.29, 1.82) is 0 Å². The van der Waals surface area contributed by atoms with Gasteiger partial charge in [-0.15, -0.1) is 0 Å². The lowest BCUT2D eigenvalue weighted by Crippen LogP contribution is -2.18. The molecule has 0 fully saturated rings. The number of nitrogens with one attached hydrogen (secondary N) is 4. The number of carbonyl (C=O) groups is 2. The Labute approximate surface area is 360 Å². The van der Waals surface area contributed by atoms with Gasteiger partial charge in [-0.1, -0.05) is 63.1 Å². The summed E-state index contributed by atoms with van der Waals surface area (Å²) in [6, 6.07) is 32.2. The molecule has 6 rings (SSSR count). The lowest BCUT2D eigenvalue weighted by Gasteiger charge is -2.15. The molecule has 60 heavy (non-hydrogen) atoms. The molecule has 0 bridgehead atoms. The van der Waals surface area contributed by atoms with Gasteiger partial charge in [-0.05, 0) is 84.9 Å². The Hall–Kier alpha value is -6.56. The molecule has 0 radical (unpaired) electrons. The number of anilines is 8. The summed E-state index contributed by atoms with van der Waals surface area (Å²) < 4.78 is 0. The fraction of sp³-hybridized carbons (Fsp3) is 0.217. The SMILES string of the molecule is CC(C)C(=O)Nc1cc(Nc2cc(C#Cc3ccc(Sc4ccc(N(C)C)cc4)c(Nc4cc(NC(=O)C(C)C)ncn4)c3)ccc2Sc2ccc(N(C)C)cc2)ncn1. The second kappa shape index (κ2) is 19.9. The van der Waals surface area contributed by atoms with Crippen LogP contribution in [0.15, 0.2) is 129 Å². The molecule has 2 heterocycles. The van der Waals surface area contributed by atoms with Gasteiger partial charge >= 0.3 is 0 Å². The molecule has 306 valence electrons. The molecule has 2 amide bonds. The smallest absolute Gasteiger partial charge is 0.228 e. The van der Waals surface area contributed by atoms with E-state index in [1.54, 1.807) is 35.7 Å². The summed E-state index contributed by atoms with van der Waals surface area (Å²) in [7, 11) is 8.07. The van der Waals surface area contributed by atoms with E-state index in [2.05, 4.69) is 111 Å². The van der Waals surface area contributed by atoms with Gasteiger partial charge in [-0.25, -0.2) is 19.9 Å². The zero-order valence-corrected chi connectivity index (χ0v) is 36.5.